The van der Waals surface area contributed by atoms with Crippen molar-refractivity contribution in [2.24, 2.45) is 0 Å². The molecule has 0 rings (SSSR count). The van der Waals surface area contributed by atoms with Crippen molar-refractivity contribution in [1.29, 1.82) is 0 Å². The quantitative estimate of drug-likeness (QED) is 0.103. The van der Waals surface area contributed by atoms with Crippen LogP contribution in [0.2, 0.25) is 0 Å². The first kappa shape index (κ1) is 31.9. The maximum absolute atomic E-state index is 11.4. The third-order valence-electron chi connectivity index (χ3n) is 6.25. The highest BCUT2D eigenvalue weighted by atomic mass is 16.3. The van der Waals surface area contributed by atoms with Crippen LogP contribution in [-0.4, -0.2) is 34.9 Å². The number of nitrogens with one attached hydrogen (secondary N) is 1. The fourth-order valence-corrected chi connectivity index (χ4v) is 3.98. The number of unbranched alkanes of at least 4 members (excludes halogenated alkanes) is 16. The van der Waals surface area contributed by atoms with Crippen LogP contribution in [0.3, 0.4) is 0 Å². The minimum Gasteiger partial charge on any atom is -0.394 e. The Kier molecular flexibility index (Phi) is 24.6. The lowest BCUT2D eigenvalue weighted by atomic mass is 10.0. The van der Waals surface area contributed by atoms with E-state index in [1.807, 2.05) is 6.08 Å². The van der Waals surface area contributed by atoms with Gasteiger partial charge in [0, 0.05) is 6.42 Å². The van der Waals surface area contributed by atoms with E-state index < -0.39 is 12.1 Å². The van der Waals surface area contributed by atoms with Crippen LogP contribution in [-0.2, 0) is 4.79 Å². The Morgan fingerprint density at radius 1 is 0.697 bits per heavy atom. The van der Waals surface area contributed by atoms with Gasteiger partial charge in [-0.3, -0.25) is 4.79 Å². The van der Waals surface area contributed by atoms with Gasteiger partial charge in [-0.05, 0) is 25.7 Å². The molecule has 3 N–H and O–H groups in total. The smallest absolute Gasteiger partial charge is 0.220 e. The molecule has 194 valence electrons. The molecule has 0 fully saturated rings. The molecule has 0 aliphatic rings. The van der Waals surface area contributed by atoms with Crippen LogP contribution in [0.25, 0.3) is 0 Å². The van der Waals surface area contributed by atoms with Crippen LogP contribution in [0.15, 0.2) is 24.3 Å². The minimum atomic E-state index is -0.852. The number of aliphatic hydroxyl groups excluding tert-OH is 2. The zero-order valence-electron chi connectivity index (χ0n) is 21.9. The van der Waals surface area contributed by atoms with Crippen LogP contribution in [0, 0.1) is 0 Å². The molecule has 0 aliphatic carbocycles. The molecule has 0 bridgehead atoms. The lowest BCUT2D eigenvalue weighted by molar-refractivity contribution is -0.122. The highest BCUT2D eigenvalue weighted by Crippen LogP contribution is 2.14. The number of carbonyl (C=O) groups excluding carboxylic acids is 1. The van der Waals surface area contributed by atoms with Gasteiger partial charge in [0.25, 0.3) is 0 Å². The molecule has 0 saturated heterocycles. The first-order chi connectivity index (χ1) is 16.2. The van der Waals surface area contributed by atoms with Crippen molar-refractivity contribution in [3.63, 3.8) is 0 Å². The number of hydrogen-bond donors (Lipinski definition) is 3. The van der Waals surface area contributed by atoms with Crippen LogP contribution < -0.4 is 5.32 Å². The molecule has 0 aliphatic heterocycles. The standard InChI is InChI=1S/C29H55NO3/c1-3-5-6-7-8-9-10-11-12-13-14-15-16-17-18-19-20-21-22-23-24-25-28(32)27(26-31)30-29(33)4-2/h20-21,24-25,27-28,31-32H,3-19,22-23,26H2,1-2H3,(H,30,33)/b21-20+,25-24+. The van der Waals surface area contributed by atoms with Crippen molar-refractivity contribution in [2.45, 2.75) is 148 Å². The Morgan fingerprint density at radius 2 is 1.15 bits per heavy atom. The van der Waals surface area contributed by atoms with Gasteiger partial charge in [0.15, 0.2) is 0 Å². The number of aliphatic hydroxyl groups is 2. The summed E-state index contributed by atoms with van der Waals surface area (Å²) in [6, 6.07) is -0.630. The average molecular weight is 466 g/mol. The third kappa shape index (κ3) is 22.4. The zero-order valence-corrected chi connectivity index (χ0v) is 21.9. The highest BCUT2D eigenvalue weighted by Gasteiger charge is 2.17. The predicted octanol–water partition coefficient (Wildman–Crippen LogP) is 7.39. The van der Waals surface area contributed by atoms with Crippen molar-refractivity contribution in [3.05, 3.63) is 24.3 Å². The van der Waals surface area contributed by atoms with E-state index in [-0.39, 0.29) is 12.5 Å². The fourth-order valence-electron chi connectivity index (χ4n) is 3.98. The monoisotopic (exact) mass is 465 g/mol. The molecule has 4 heteroatoms. The summed E-state index contributed by atoms with van der Waals surface area (Å²) >= 11 is 0. The van der Waals surface area contributed by atoms with Crippen LogP contribution in [0.5, 0.6) is 0 Å². The molecule has 0 saturated carbocycles. The molecular formula is C29H55NO3. The lowest BCUT2D eigenvalue weighted by Crippen LogP contribution is -2.44. The van der Waals surface area contributed by atoms with Gasteiger partial charge in [-0.2, -0.15) is 0 Å². The average Bonchev–Trinajstić information content (AvgIpc) is 2.83. The van der Waals surface area contributed by atoms with E-state index in [9.17, 15) is 15.0 Å². The predicted molar refractivity (Wildman–Crippen MR) is 142 cm³/mol. The van der Waals surface area contributed by atoms with Crippen molar-refractivity contribution >= 4 is 5.91 Å². The second-order valence-corrected chi connectivity index (χ2v) is 9.42. The van der Waals surface area contributed by atoms with Gasteiger partial charge in [-0.15, -0.1) is 0 Å². The lowest BCUT2D eigenvalue weighted by Gasteiger charge is -2.19. The molecule has 2 atom stereocenters. The molecule has 0 spiro atoms. The normalized spacial score (nSPS) is 13.7. The summed E-state index contributed by atoms with van der Waals surface area (Å²) in [7, 11) is 0. The molecule has 0 aromatic carbocycles. The fraction of sp³-hybridized carbons (Fsp3) is 0.828. The summed E-state index contributed by atoms with van der Waals surface area (Å²) in [4.78, 5) is 11.4. The molecule has 33 heavy (non-hydrogen) atoms. The van der Waals surface area contributed by atoms with E-state index in [1.54, 1.807) is 13.0 Å². The molecule has 0 aromatic heterocycles. The van der Waals surface area contributed by atoms with Crippen molar-refractivity contribution in [1.82, 2.24) is 5.32 Å². The van der Waals surface area contributed by atoms with Gasteiger partial charge in [-0.25, -0.2) is 0 Å². The summed E-state index contributed by atoms with van der Waals surface area (Å²) in [5, 5.41) is 22.0. The second kappa shape index (κ2) is 25.5. The van der Waals surface area contributed by atoms with Gasteiger partial charge in [0.2, 0.25) is 5.91 Å². The number of hydrogen-bond acceptors (Lipinski definition) is 3. The topological polar surface area (TPSA) is 69.6 Å². The second-order valence-electron chi connectivity index (χ2n) is 9.42. The van der Waals surface area contributed by atoms with E-state index >= 15 is 0 Å². The Hall–Kier alpha value is -1.13. The third-order valence-corrected chi connectivity index (χ3v) is 6.25. The van der Waals surface area contributed by atoms with Gasteiger partial charge in [0.1, 0.15) is 0 Å². The molecule has 0 heterocycles. The zero-order chi connectivity index (χ0) is 24.4. The molecule has 1 amide bonds. The maximum atomic E-state index is 11.4. The van der Waals surface area contributed by atoms with E-state index in [1.165, 1.54) is 96.3 Å². The molecular weight excluding hydrogens is 410 g/mol. The number of allylic oxidation sites excluding steroid dienone is 3. The molecule has 0 radical (unpaired) electrons. The molecule has 0 aromatic rings. The van der Waals surface area contributed by atoms with Crippen LogP contribution in [0.1, 0.15) is 136 Å². The largest absolute Gasteiger partial charge is 0.394 e. The number of amides is 1. The van der Waals surface area contributed by atoms with Crippen molar-refractivity contribution in [3.8, 4) is 0 Å². The summed E-state index contributed by atoms with van der Waals surface area (Å²) in [5.74, 6) is -0.164. The number of carbonyl (C=O) groups is 1. The summed E-state index contributed by atoms with van der Waals surface area (Å²) < 4.78 is 0. The van der Waals surface area contributed by atoms with Crippen LogP contribution >= 0.6 is 0 Å². The Labute approximate surface area is 205 Å². The van der Waals surface area contributed by atoms with E-state index in [4.69, 9.17) is 0 Å². The highest BCUT2D eigenvalue weighted by molar-refractivity contribution is 5.75. The first-order valence-electron chi connectivity index (χ1n) is 14.1. The number of rotatable bonds is 24. The molecule has 2 unspecified atom stereocenters. The Morgan fingerprint density at radius 3 is 1.64 bits per heavy atom. The summed E-state index contributed by atoms with van der Waals surface area (Å²) in [5.41, 5.74) is 0. The van der Waals surface area contributed by atoms with Crippen molar-refractivity contribution < 1.29 is 15.0 Å². The van der Waals surface area contributed by atoms with E-state index in [2.05, 4.69) is 24.4 Å². The van der Waals surface area contributed by atoms with Gasteiger partial charge in [0.05, 0.1) is 18.8 Å². The van der Waals surface area contributed by atoms with E-state index in [0.717, 1.165) is 19.3 Å². The maximum Gasteiger partial charge on any atom is 0.220 e. The Bertz CT molecular complexity index is 475. The summed E-state index contributed by atoms with van der Waals surface area (Å²) in [6.07, 6.45) is 31.5. The van der Waals surface area contributed by atoms with Gasteiger partial charge < -0.3 is 15.5 Å². The Balaban J connectivity index is 3.43. The minimum absolute atomic E-state index is 0.164. The van der Waals surface area contributed by atoms with Gasteiger partial charge >= 0.3 is 0 Å². The van der Waals surface area contributed by atoms with Crippen LogP contribution in [0.4, 0.5) is 0 Å². The molecule has 4 nitrogen and oxygen atoms in total. The first-order valence-corrected chi connectivity index (χ1v) is 14.1. The van der Waals surface area contributed by atoms with E-state index in [0.29, 0.717) is 6.42 Å². The summed E-state index contributed by atoms with van der Waals surface area (Å²) in [6.45, 7) is 3.76. The SMILES string of the molecule is CCCCCCCCCCCCCCCCC/C=C/CC/C=C/C(O)C(CO)NC(=O)CC. The van der Waals surface area contributed by atoms with Crippen molar-refractivity contribution in [2.75, 3.05) is 6.61 Å². The van der Waals surface area contributed by atoms with Gasteiger partial charge in [-0.1, -0.05) is 128 Å².